The van der Waals surface area contributed by atoms with Crippen molar-refractivity contribution >= 4 is 34.1 Å². The highest BCUT2D eigenvalue weighted by molar-refractivity contribution is 7.99. The number of ether oxygens (including phenoxy) is 2. The fourth-order valence-electron chi connectivity index (χ4n) is 3.74. The van der Waals surface area contributed by atoms with Gasteiger partial charge in [0.2, 0.25) is 5.91 Å². The Kier molecular flexibility index (Phi) is 5.99. The maximum Gasteiger partial charge on any atom is 0.234 e. The maximum absolute atomic E-state index is 12.7. The lowest BCUT2D eigenvalue weighted by Crippen LogP contribution is -2.25. The molecule has 8 heteroatoms. The third kappa shape index (κ3) is 4.42. The molecule has 7 nitrogen and oxygen atoms in total. The molecule has 0 saturated carbocycles. The number of hydrogen-bond donors (Lipinski definition) is 1. The summed E-state index contributed by atoms with van der Waals surface area (Å²) in [6.07, 6.45) is 1.37. The molecule has 0 radical (unpaired) electrons. The van der Waals surface area contributed by atoms with Gasteiger partial charge in [0.15, 0.2) is 28.6 Å². The number of fused-ring (bicyclic) bond motifs is 2. The van der Waals surface area contributed by atoms with Crippen molar-refractivity contribution in [1.29, 1.82) is 0 Å². The summed E-state index contributed by atoms with van der Waals surface area (Å²) in [7, 11) is 0. The molecule has 33 heavy (non-hydrogen) atoms. The van der Waals surface area contributed by atoms with Gasteiger partial charge in [-0.1, -0.05) is 66.4 Å². The lowest BCUT2D eigenvalue weighted by atomic mass is 10.1. The Labute approximate surface area is 195 Å². The first-order chi connectivity index (χ1) is 16.2. The molecule has 0 bridgehead atoms. The van der Waals surface area contributed by atoms with Crippen LogP contribution < -0.4 is 14.8 Å². The second-order valence-corrected chi connectivity index (χ2v) is 8.41. The number of benzene rings is 3. The highest BCUT2D eigenvalue weighted by Gasteiger charge is 2.28. The molecule has 0 unspecified atom stereocenters. The fourth-order valence-corrected chi connectivity index (χ4v) is 4.50. The number of hydrogen-bond acceptors (Lipinski definition) is 6. The largest absolute Gasteiger partial charge is 0.485 e. The van der Waals surface area contributed by atoms with Crippen LogP contribution >= 0.6 is 11.8 Å². The molecule has 1 aliphatic rings. The minimum atomic E-state index is -0.397. The highest BCUT2D eigenvalue weighted by Crippen LogP contribution is 2.36. The summed E-state index contributed by atoms with van der Waals surface area (Å²) in [6, 6.07) is 21.4. The van der Waals surface area contributed by atoms with Gasteiger partial charge in [0.25, 0.3) is 0 Å². The maximum atomic E-state index is 12.7. The molecule has 0 saturated heterocycles. The molecule has 1 aromatic heterocycles. The zero-order valence-electron chi connectivity index (χ0n) is 17.8. The highest BCUT2D eigenvalue weighted by atomic mass is 32.2. The molecule has 4 aromatic rings. The first kappa shape index (κ1) is 21.1. The van der Waals surface area contributed by atoms with Crippen LogP contribution in [-0.4, -0.2) is 33.0 Å². The number of carbonyl (C=O) groups excluding carboxylic acids is 1. The zero-order chi connectivity index (χ0) is 22.6. The molecule has 5 rings (SSSR count). The number of aromatic nitrogens is 3. The van der Waals surface area contributed by atoms with E-state index in [1.807, 2.05) is 71.3 Å². The summed E-state index contributed by atoms with van der Waals surface area (Å²) in [5.74, 6) is 2.11. The molecular formula is C25H22N4O3S. The SMILES string of the molecule is C=CCn1c(SCC(=O)Nc2cccc3ccccc23)nnc1[C@H]1COc2ccccc2O1. The van der Waals surface area contributed by atoms with Crippen LogP contribution in [0.5, 0.6) is 11.5 Å². The number of nitrogens with zero attached hydrogens (tertiary/aromatic N) is 3. The minimum absolute atomic E-state index is 0.114. The molecule has 1 atom stereocenters. The third-order valence-corrected chi connectivity index (χ3v) is 6.22. The van der Waals surface area contributed by atoms with Crippen LogP contribution in [0.1, 0.15) is 11.9 Å². The molecule has 166 valence electrons. The first-order valence-corrected chi connectivity index (χ1v) is 11.5. The minimum Gasteiger partial charge on any atom is -0.485 e. The van der Waals surface area contributed by atoms with Crippen molar-refractivity contribution in [2.45, 2.75) is 17.8 Å². The monoisotopic (exact) mass is 458 g/mol. The van der Waals surface area contributed by atoms with Crippen LogP contribution in [0.3, 0.4) is 0 Å². The van der Waals surface area contributed by atoms with Crippen LogP contribution in [0.25, 0.3) is 10.8 Å². The summed E-state index contributed by atoms with van der Waals surface area (Å²) in [6.45, 7) is 4.67. The normalized spacial score (nSPS) is 14.7. The van der Waals surface area contributed by atoms with Crippen molar-refractivity contribution in [2.75, 3.05) is 17.7 Å². The molecule has 2 heterocycles. The van der Waals surface area contributed by atoms with E-state index in [2.05, 4.69) is 22.1 Å². The van der Waals surface area contributed by atoms with Gasteiger partial charge in [-0.25, -0.2) is 0 Å². The number of amides is 1. The molecular weight excluding hydrogens is 436 g/mol. The van der Waals surface area contributed by atoms with Crippen molar-refractivity contribution in [3.63, 3.8) is 0 Å². The van der Waals surface area contributed by atoms with Gasteiger partial charge in [-0.15, -0.1) is 16.8 Å². The summed E-state index contributed by atoms with van der Waals surface area (Å²) >= 11 is 1.32. The van der Waals surface area contributed by atoms with E-state index in [1.165, 1.54) is 11.8 Å². The number of anilines is 1. The second-order valence-electron chi connectivity index (χ2n) is 7.47. The van der Waals surface area contributed by atoms with Gasteiger partial charge in [-0.05, 0) is 23.6 Å². The molecule has 3 aromatic carbocycles. The topological polar surface area (TPSA) is 78.3 Å². The first-order valence-electron chi connectivity index (χ1n) is 10.6. The predicted octanol–water partition coefficient (Wildman–Crippen LogP) is 4.86. The summed E-state index contributed by atoms with van der Waals surface area (Å²) < 4.78 is 13.8. The lowest BCUT2D eigenvalue weighted by molar-refractivity contribution is -0.113. The standard InChI is InChI=1S/C25H22N4O3S/c1-2-14-29-24(22-15-31-20-12-5-6-13-21(20)32-22)27-28-25(29)33-16-23(30)26-19-11-7-9-17-8-3-4-10-18(17)19/h2-13,22H,1,14-16H2,(H,26,30)/t22-/m1/s1. The van der Waals surface area contributed by atoms with Crippen LogP contribution in [-0.2, 0) is 11.3 Å². The van der Waals surface area contributed by atoms with E-state index < -0.39 is 6.10 Å². The quantitative estimate of drug-likeness (QED) is 0.315. The number of para-hydroxylation sites is 2. The Hall–Kier alpha value is -3.78. The van der Waals surface area contributed by atoms with E-state index in [0.29, 0.717) is 35.6 Å². The molecule has 1 aliphatic heterocycles. The van der Waals surface area contributed by atoms with Gasteiger partial charge in [0, 0.05) is 17.6 Å². The second kappa shape index (κ2) is 9.38. The Morgan fingerprint density at radius 2 is 1.88 bits per heavy atom. The molecule has 0 spiro atoms. The number of rotatable bonds is 7. The Balaban J connectivity index is 1.29. The van der Waals surface area contributed by atoms with E-state index in [1.54, 1.807) is 6.08 Å². The van der Waals surface area contributed by atoms with E-state index in [-0.39, 0.29) is 11.7 Å². The Morgan fingerprint density at radius 1 is 1.09 bits per heavy atom. The molecule has 0 aliphatic carbocycles. The number of carbonyl (C=O) groups is 1. The van der Waals surface area contributed by atoms with Crippen LogP contribution in [0, 0.1) is 0 Å². The van der Waals surface area contributed by atoms with Gasteiger partial charge in [0.1, 0.15) is 6.61 Å². The average molecular weight is 459 g/mol. The number of allylic oxidation sites excluding steroid dienone is 1. The summed E-state index contributed by atoms with van der Waals surface area (Å²) in [5.41, 5.74) is 0.790. The fraction of sp³-hybridized carbons (Fsp3) is 0.160. The van der Waals surface area contributed by atoms with Gasteiger partial charge in [-0.2, -0.15) is 0 Å². The smallest absolute Gasteiger partial charge is 0.234 e. The number of nitrogens with one attached hydrogen (secondary N) is 1. The van der Waals surface area contributed by atoms with Crippen LogP contribution in [0.2, 0.25) is 0 Å². The van der Waals surface area contributed by atoms with Crippen LogP contribution in [0.4, 0.5) is 5.69 Å². The molecule has 0 fully saturated rings. The van der Waals surface area contributed by atoms with Gasteiger partial charge >= 0.3 is 0 Å². The van der Waals surface area contributed by atoms with E-state index in [4.69, 9.17) is 9.47 Å². The summed E-state index contributed by atoms with van der Waals surface area (Å²) in [4.78, 5) is 12.7. The Bertz CT molecular complexity index is 1310. The van der Waals surface area contributed by atoms with E-state index in [0.717, 1.165) is 16.5 Å². The van der Waals surface area contributed by atoms with E-state index in [9.17, 15) is 4.79 Å². The molecule has 1 N–H and O–H groups in total. The lowest BCUT2D eigenvalue weighted by Gasteiger charge is -2.26. The summed E-state index contributed by atoms with van der Waals surface area (Å²) in [5, 5.41) is 14.4. The van der Waals surface area contributed by atoms with Crippen molar-refractivity contribution < 1.29 is 14.3 Å². The van der Waals surface area contributed by atoms with Crippen molar-refractivity contribution in [3.05, 3.63) is 85.2 Å². The number of thioether (sulfide) groups is 1. The van der Waals surface area contributed by atoms with E-state index >= 15 is 0 Å². The van der Waals surface area contributed by atoms with Gasteiger partial charge in [-0.3, -0.25) is 9.36 Å². The average Bonchev–Trinajstić information content (AvgIpc) is 3.25. The van der Waals surface area contributed by atoms with Gasteiger partial charge in [0.05, 0.1) is 5.75 Å². The predicted molar refractivity (Wildman–Crippen MR) is 129 cm³/mol. The zero-order valence-corrected chi connectivity index (χ0v) is 18.6. The van der Waals surface area contributed by atoms with Crippen molar-refractivity contribution in [1.82, 2.24) is 14.8 Å². The Morgan fingerprint density at radius 3 is 2.76 bits per heavy atom. The van der Waals surface area contributed by atoms with Crippen molar-refractivity contribution in [2.24, 2.45) is 0 Å². The van der Waals surface area contributed by atoms with Crippen molar-refractivity contribution in [3.8, 4) is 11.5 Å². The third-order valence-electron chi connectivity index (χ3n) is 5.25. The molecule has 1 amide bonds. The van der Waals surface area contributed by atoms with Gasteiger partial charge < -0.3 is 14.8 Å². The van der Waals surface area contributed by atoms with Crippen LogP contribution in [0.15, 0.2) is 84.5 Å².